The summed E-state index contributed by atoms with van der Waals surface area (Å²) in [5.74, 6) is 0. The summed E-state index contributed by atoms with van der Waals surface area (Å²) in [4.78, 5) is 0. The van der Waals surface area contributed by atoms with E-state index in [-0.39, 0.29) is 0 Å². The molecule has 0 aliphatic rings. The summed E-state index contributed by atoms with van der Waals surface area (Å²) in [5.41, 5.74) is 6.21. The van der Waals surface area contributed by atoms with Gasteiger partial charge in [-0.15, -0.1) is 0 Å². The standard InChI is InChI=1S/C2H6N.Sg/c1-2-3;/h3H,2H2,1H3;/q-1;. The minimum absolute atomic E-state index is 0. The average Bonchev–Trinajstić information content (AvgIpc) is 0.918. The third kappa shape index (κ3) is 0.00142. The summed E-state index contributed by atoms with van der Waals surface area (Å²) in [6.07, 6.45) is 0. The van der Waals surface area contributed by atoms with Crippen LogP contribution in [0.1, 0.15) is 6.92 Å². The monoisotopic (exact) mass is 315 g/mol. The van der Waals surface area contributed by atoms with E-state index in [9.17, 15) is 0 Å². The first-order chi connectivity index (χ1) is 1.41. The zero-order valence-electron chi connectivity index (χ0n) is 2.91. The van der Waals surface area contributed by atoms with Crippen molar-refractivity contribution in [3.05, 3.63) is 5.73 Å². The van der Waals surface area contributed by atoms with Crippen molar-refractivity contribution in [1.82, 2.24) is 0 Å². The van der Waals surface area contributed by atoms with E-state index in [1.165, 1.54) is 0 Å². The molecule has 0 aliphatic carbocycles. The van der Waals surface area contributed by atoms with E-state index in [0.717, 1.165) is 0 Å². The van der Waals surface area contributed by atoms with Crippen LogP contribution in [-0.2, 0) is 0 Å². The average molecular weight is 313 g/mol. The predicted molar refractivity (Wildman–Crippen MR) is 14.9 cm³/mol. The van der Waals surface area contributed by atoms with Gasteiger partial charge in [0.1, 0.15) is 0 Å². The van der Waals surface area contributed by atoms with Gasteiger partial charge >= 0.3 is 0 Å². The van der Waals surface area contributed by atoms with Crippen LogP contribution in [0.5, 0.6) is 0 Å². The van der Waals surface area contributed by atoms with Gasteiger partial charge in [-0.25, -0.2) is 0 Å². The molecule has 0 saturated carbocycles. The summed E-state index contributed by atoms with van der Waals surface area (Å²) in [6.45, 7) is 2.29. The number of rotatable bonds is 0. The Morgan fingerprint density at radius 3 is 1.75 bits per heavy atom. The van der Waals surface area contributed by atoms with Gasteiger partial charge in [-0.3, -0.25) is 0 Å². The van der Waals surface area contributed by atoms with Crippen molar-refractivity contribution < 1.29 is 0 Å². The Balaban J connectivity index is 0. The fourth-order valence-electron chi connectivity index (χ4n) is 0. The molecule has 0 radical (unpaired) electrons. The summed E-state index contributed by atoms with van der Waals surface area (Å²) in [6, 6.07) is 0. The molecule has 0 heterocycles. The van der Waals surface area contributed by atoms with Gasteiger partial charge in [-0.1, -0.05) is 6.92 Å². The molecular formula is C2H6NSg-. The molecule has 22 valence electrons. The van der Waals surface area contributed by atoms with Crippen LogP contribution in [0.2, 0.25) is 0 Å². The molecule has 0 unspecified atom stereocenters. The van der Waals surface area contributed by atoms with Gasteiger partial charge < -0.3 is 5.73 Å². The fraction of sp³-hybridized carbons (Fsp3) is 1.00. The molecule has 0 saturated heterocycles. The molecule has 0 bridgehead atoms. The van der Waals surface area contributed by atoms with E-state index < -0.39 is 0 Å². The topological polar surface area (TPSA) is 23.8 Å². The quantitative estimate of drug-likeness (QED) is 0.639. The maximum Gasteiger partial charge on any atom is 0 e. The van der Waals surface area contributed by atoms with Gasteiger partial charge in [0, 0.05) is 0 Å². The minimum atomic E-state index is 0. The number of hydrogen-bond acceptors (Lipinski definition) is 0. The van der Waals surface area contributed by atoms with Crippen LogP contribution in [-0.4, -0.2) is 6.54 Å². The van der Waals surface area contributed by atoms with E-state index >= 15 is 0 Å². The molecule has 0 aromatic carbocycles. The third-order valence-electron chi connectivity index (χ3n) is 0. The van der Waals surface area contributed by atoms with E-state index in [4.69, 9.17) is 5.73 Å². The van der Waals surface area contributed by atoms with Gasteiger partial charge in [0.2, 0.25) is 0 Å². The fourth-order valence-corrected chi connectivity index (χ4v) is 0. The molecule has 0 atom stereocenters. The third-order valence-corrected chi connectivity index (χ3v) is 0. The Morgan fingerprint density at radius 1 is 1.75 bits per heavy atom. The molecule has 0 amide bonds. The van der Waals surface area contributed by atoms with Crippen LogP contribution >= 0.6 is 0 Å². The summed E-state index contributed by atoms with van der Waals surface area (Å²) in [7, 11) is 0. The van der Waals surface area contributed by atoms with Crippen molar-refractivity contribution in [2.24, 2.45) is 0 Å². The molecular weight excluding hydrogens is 307 g/mol. The Bertz CT molecular complexity index is 6.00. The minimum Gasteiger partial charge on any atom is -0.678 e. The Kier molecular flexibility index (Phi) is 3480. The maximum absolute atomic E-state index is 6.21. The van der Waals surface area contributed by atoms with Crippen molar-refractivity contribution in [3.8, 4) is 0 Å². The van der Waals surface area contributed by atoms with Crippen LogP contribution in [0, 0.1) is 0 Å². The Hall–Kier alpha value is -1.04. The van der Waals surface area contributed by atoms with Crippen molar-refractivity contribution in [2.45, 2.75) is 6.92 Å². The predicted octanol–water partition coefficient (Wildman–Crippen LogP) is 1.06. The van der Waals surface area contributed by atoms with Gasteiger partial charge in [0.05, 0.1) is 0 Å². The molecule has 2 heteroatoms. The van der Waals surface area contributed by atoms with E-state index in [2.05, 4.69) is 0 Å². The van der Waals surface area contributed by atoms with Gasteiger partial charge in [-0.05, 0) is 0 Å². The second-order valence-electron chi connectivity index (χ2n) is 0.354. The molecule has 0 aromatic rings. The van der Waals surface area contributed by atoms with Crippen molar-refractivity contribution in [1.29, 1.82) is 0 Å². The van der Waals surface area contributed by atoms with Gasteiger partial charge in [-0.2, -0.15) is 6.54 Å². The number of hydrogen-bond donors (Lipinski definition) is 0. The molecule has 1 N–H and O–H groups in total. The smallest absolute Gasteiger partial charge is 0 e. The van der Waals surface area contributed by atoms with Crippen LogP contribution in [0.3, 0.4) is 0 Å². The van der Waals surface area contributed by atoms with Crippen LogP contribution in [0.4, 0.5) is 0 Å². The molecule has 4 heavy (non-hydrogen) atoms. The zero-order valence-corrected chi connectivity index (χ0v) is 9.38. The SMILES string of the molecule is CC[NH-].[Sg]. The molecule has 1 nitrogen and oxygen atoms in total. The van der Waals surface area contributed by atoms with Crippen LogP contribution in [0.15, 0.2) is 0 Å². The van der Waals surface area contributed by atoms with E-state index in [1.54, 1.807) is 6.92 Å². The number of nitrogens with one attached hydrogen (secondary N) is 1. The molecule has 0 aromatic heterocycles. The second-order valence-corrected chi connectivity index (χ2v) is 0.354. The normalized spacial score (nSPS) is 4.50. The Morgan fingerprint density at radius 2 is 1.75 bits per heavy atom. The summed E-state index contributed by atoms with van der Waals surface area (Å²) < 4.78 is 0. The maximum atomic E-state index is 6.21. The zero-order chi connectivity index (χ0) is 2.71. The van der Waals surface area contributed by atoms with E-state index in [0.29, 0.717) is 6.54 Å². The molecule has 0 fully saturated rings. The summed E-state index contributed by atoms with van der Waals surface area (Å²) in [5, 5.41) is 0. The Labute approximate surface area is 20.4 Å². The first kappa shape index (κ1) is 12.3. The van der Waals surface area contributed by atoms with Crippen LogP contribution < -0.4 is 0 Å². The largest absolute Gasteiger partial charge is 0.678 e. The van der Waals surface area contributed by atoms with Crippen molar-refractivity contribution in [2.75, 3.05) is 6.54 Å². The molecule has 0 aliphatic heterocycles. The van der Waals surface area contributed by atoms with Gasteiger partial charge in [0.25, 0.3) is 0 Å². The molecule has 0 spiro atoms. The molecule has 0 rings (SSSR count). The summed E-state index contributed by atoms with van der Waals surface area (Å²) >= 11 is 0. The first-order valence-electron chi connectivity index (χ1n) is 1.06. The second kappa shape index (κ2) is 1130. The first-order valence-corrected chi connectivity index (χ1v) is 1.06. The van der Waals surface area contributed by atoms with Crippen LogP contribution in [0.25, 0.3) is 5.73 Å². The van der Waals surface area contributed by atoms with Crippen molar-refractivity contribution >= 4 is 0 Å². The van der Waals surface area contributed by atoms with E-state index in [1.807, 2.05) is 0 Å². The van der Waals surface area contributed by atoms with Gasteiger partial charge in [0.15, 0.2) is 0 Å². The van der Waals surface area contributed by atoms with Crippen molar-refractivity contribution in [3.63, 3.8) is 0 Å².